The molecule has 0 saturated carbocycles. The van der Waals surface area contributed by atoms with Crippen molar-refractivity contribution in [2.45, 2.75) is 0 Å². The minimum Gasteiger partial charge on any atom is -0.309 e. The highest BCUT2D eigenvalue weighted by Gasteiger charge is 2.29. The first kappa shape index (κ1) is 30.8. The van der Waals surface area contributed by atoms with Crippen LogP contribution in [0.15, 0.2) is 200 Å². The van der Waals surface area contributed by atoms with Crippen molar-refractivity contribution < 1.29 is 4.57 Å². The van der Waals surface area contributed by atoms with Gasteiger partial charge >= 0.3 is 0 Å². The monoisotopic (exact) mass is 672 g/mol. The number of nitrogens with zero attached hydrogens (tertiary/aromatic N) is 2. The molecule has 0 unspecified atom stereocenters. The zero-order valence-electron chi connectivity index (χ0n) is 27.8. The van der Waals surface area contributed by atoms with E-state index in [2.05, 4.69) is 120 Å². The maximum atomic E-state index is 15.2. The summed E-state index contributed by atoms with van der Waals surface area (Å²) < 4.78 is 15.2. The normalized spacial score (nSPS) is 11.6. The summed E-state index contributed by atoms with van der Waals surface area (Å²) in [6.45, 7) is 0. The molecule has 0 radical (unpaired) electrons. The summed E-state index contributed by atoms with van der Waals surface area (Å²) in [6, 6.07) is 68.3. The molecule has 0 saturated heterocycles. The van der Waals surface area contributed by atoms with Gasteiger partial charge in [0.25, 0.3) is 0 Å². The Bertz CT molecular complexity index is 2610. The highest BCUT2D eigenvalue weighted by molar-refractivity contribution is 7.85. The van der Waals surface area contributed by atoms with Gasteiger partial charge < -0.3 is 9.46 Å². The van der Waals surface area contributed by atoms with E-state index >= 15 is 4.57 Å². The highest BCUT2D eigenvalue weighted by atomic mass is 31.2. The van der Waals surface area contributed by atoms with Gasteiger partial charge in [0.05, 0.1) is 16.9 Å². The molecule has 0 amide bonds. The van der Waals surface area contributed by atoms with E-state index in [0.29, 0.717) is 0 Å². The first-order chi connectivity index (χ1) is 25.2. The van der Waals surface area contributed by atoms with Gasteiger partial charge in [0.15, 0.2) is 7.14 Å². The first-order valence-corrected chi connectivity index (χ1v) is 18.9. The van der Waals surface area contributed by atoms with E-state index in [-0.39, 0.29) is 0 Å². The van der Waals surface area contributed by atoms with Crippen LogP contribution < -0.4 is 20.8 Å². The minimum atomic E-state index is -3.12. The Morgan fingerprint density at radius 3 is 1.53 bits per heavy atom. The van der Waals surface area contributed by atoms with Crippen molar-refractivity contribution >= 4 is 72.6 Å². The Labute approximate surface area is 297 Å². The molecular formula is C47H33N2OP. The van der Waals surface area contributed by atoms with E-state index in [9.17, 15) is 0 Å². The smallest absolute Gasteiger partial charge is 0.171 e. The van der Waals surface area contributed by atoms with Crippen molar-refractivity contribution in [1.82, 2.24) is 4.98 Å². The molecule has 0 N–H and O–H groups in total. The zero-order valence-corrected chi connectivity index (χ0v) is 28.7. The number of fused-ring (bicyclic) bond motifs is 5. The topological polar surface area (TPSA) is 33.2 Å². The largest absolute Gasteiger partial charge is 0.309 e. The molecule has 9 rings (SSSR count). The molecule has 0 atom stereocenters. The van der Waals surface area contributed by atoms with Gasteiger partial charge in [0.2, 0.25) is 0 Å². The number of benzene rings is 8. The molecule has 4 heteroatoms. The average Bonchev–Trinajstić information content (AvgIpc) is 3.22. The standard InChI is InChI=1S/C47H33N2OP/c50-51(38-21-9-3-10-22-38,39-23-11-4-12-24-39)40-31-28-35(29-32-40)46-43-33-30-34-16-13-14-25-41(34)45(43)42-26-15-27-44(47(42)48-46)49(36-17-5-1-6-18-36)37-19-7-2-8-20-37/h1-33H. The lowest BCUT2D eigenvalue weighted by atomic mass is 9.94. The van der Waals surface area contributed by atoms with Gasteiger partial charge in [0, 0.05) is 49.0 Å². The Hall–Kier alpha value is -6.28. The minimum absolute atomic E-state index is 0.791. The van der Waals surface area contributed by atoms with Crippen molar-refractivity contribution in [3.63, 3.8) is 0 Å². The second kappa shape index (κ2) is 12.9. The van der Waals surface area contributed by atoms with Crippen LogP contribution in [0.1, 0.15) is 0 Å². The molecule has 242 valence electrons. The van der Waals surface area contributed by atoms with Crippen LogP contribution in [0, 0.1) is 0 Å². The Morgan fingerprint density at radius 2 is 0.922 bits per heavy atom. The number of pyridine rings is 1. The van der Waals surface area contributed by atoms with Crippen LogP contribution in [0.3, 0.4) is 0 Å². The fourth-order valence-electron chi connectivity index (χ4n) is 7.32. The van der Waals surface area contributed by atoms with Crippen molar-refractivity contribution in [3.05, 3.63) is 200 Å². The van der Waals surface area contributed by atoms with Gasteiger partial charge in [-0.25, -0.2) is 4.98 Å². The molecule has 0 aliphatic carbocycles. The Morgan fingerprint density at radius 1 is 0.412 bits per heavy atom. The molecule has 9 aromatic rings. The number of anilines is 3. The van der Waals surface area contributed by atoms with Crippen LogP contribution in [0.2, 0.25) is 0 Å². The third kappa shape index (κ3) is 5.31. The van der Waals surface area contributed by atoms with Gasteiger partial charge in [-0.05, 0) is 41.1 Å². The molecular weight excluding hydrogens is 640 g/mol. The number of aromatic nitrogens is 1. The van der Waals surface area contributed by atoms with Crippen LogP contribution in [0.25, 0.3) is 43.7 Å². The molecule has 3 nitrogen and oxygen atoms in total. The van der Waals surface area contributed by atoms with Crippen LogP contribution in [-0.2, 0) is 4.57 Å². The van der Waals surface area contributed by atoms with E-state index in [1.54, 1.807) is 0 Å². The first-order valence-electron chi connectivity index (χ1n) is 17.2. The molecule has 0 aliphatic heterocycles. The number of rotatable bonds is 7. The molecule has 8 aromatic carbocycles. The lowest BCUT2D eigenvalue weighted by molar-refractivity contribution is 0.592. The van der Waals surface area contributed by atoms with Gasteiger partial charge in [-0.1, -0.05) is 170 Å². The fourth-order valence-corrected chi connectivity index (χ4v) is 9.96. The third-order valence-electron chi connectivity index (χ3n) is 9.71. The lowest BCUT2D eigenvalue weighted by Gasteiger charge is -2.27. The summed E-state index contributed by atoms with van der Waals surface area (Å²) >= 11 is 0. The summed E-state index contributed by atoms with van der Waals surface area (Å²) in [5.74, 6) is 0. The molecule has 0 bridgehead atoms. The third-order valence-corrected chi connectivity index (χ3v) is 12.8. The van der Waals surface area contributed by atoms with Crippen LogP contribution in [0.4, 0.5) is 17.1 Å². The SMILES string of the molecule is O=P(c1ccccc1)(c1ccccc1)c1ccc(-c2nc3c(N(c4ccccc4)c4ccccc4)cccc3c3c2ccc2ccccc23)cc1. The van der Waals surface area contributed by atoms with Gasteiger partial charge in [-0.2, -0.15) is 0 Å². The number of hydrogen-bond acceptors (Lipinski definition) is 3. The molecule has 1 aromatic heterocycles. The lowest BCUT2D eigenvalue weighted by Crippen LogP contribution is -2.24. The van der Waals surface area contributed by atoms with Crippen LogP contribution in [0.5, 0.6) is 0 Å². The number of hydrogen-bond donors (Lipinski definition) is 0. The molecule has 0 aliphatic rings. The fraction of sp³-hybridized carbons (Fsp3) is 0. The van der Waals surface area contributed by atoms with Crippen molar-refractivity contribution in [2.75, 3.05) is 4.90 Å². The zero-order chi connectivity index (χ0) is 34.2. The van der Waals surface area contributed by atoms with Crippen LogP contribution >= 0.6 is 7.14 Å². The van der Waals surface area contributed by atoms with Crippen molar-refractivity contribution in [2.24, 2.45) is 0 Å². The van der Waals surface area contributed by atoms with Crippen molar-refractivity contribution in [3.8, 4) is 11.3 Å². The molecule has 0 fully saturated rings. The number of para-hydroxylation sites is 3. The maximum absolute atomic E-state index is 15.2. The summed E-state index contributed by atoms with van der Waals surface area (Å²) in [5.41, 5.74) is 5.87. The van der Waals surface area contributed by atoms with Crippen LogP contribution in [-0.4, -0.2) is 4.98 Å². The summed E-state index contributed by atoms with van der Waals surface area (Å²) in [7, 11) is -3.12. The van der Waals surface area contributed by atoms with Gasteiger partial charge in [-0.15, -0.1) is 0 Å². The average molecular weight is 673 g/mol. The predicted molar refractivity (Wildman–Crippen MR) is 216 cm³/mol. The van der Waals surface area contributed by atoms with E-state index < -0.39 is 7.14 Å². The van der Waals surface area contributed by atoms with E-state index in [0.717, 1.165) is 60.5 Å². The van der Waals surface area contributed by atoms with Gasteiger partial charge in [-0.3, -0.25) is 0 Å². The Balaban J connectivity index is 1.30. The second-order valence-corrected chi connectivity index (χ2v) is 15.4. The quantitative estimate of drug-likeness (QED) is 0.125. The van der Waals surface area contributed by atoms with Crippen molar-refractivity contribution in [1.29, 1.82) is 0 Å². The van der Waals surface area contributed by atoms with Gasteiger partial charge in [0.1, 0.15) is 0 Å². The molecule has 51 heavy (non-hydrogen) atoms. The highest BCUT2D eigenvalue weighted by Crippen LogP contribution is 2.45. The summed E-state index contributed by atoms with van der Waals surface area (Å²) in [6.07, 6.45) is 0. The van der Waals surface area contributed by atoms with E-state index in [1.165, 1.54) is 16.2 Å². The van der Waals surface area contributed by atoms with E-state index in [1.807, 2.05) is 84.9 Å². The summed E-state index contributed by atoms with van der Waals surface area (Å²) in [5, 5.41) is 8.12. The predicted octanol–water partition coefficient (Wildman–Crippen LogP) is 11.3. The maximum Gasteiger partial charge on any atom is 0.171 e. The summed E-state index contributed by atoms with van der Waals surface area (Å²) in [4.78, 5) is 7.84. The molecule has 0 spiro atoms. The Kier molecular flexibility index (Phi) is 7.76. The second-order valence-electron chi connectivity index (χ2n) is 12.7. The van der Waals surface area contributed by atoms with E-state index in [4.69, 9.17) is 4.98 Å². The molecule has 1 heterocycles.